The minimum absolute atomic E-state index is 0.140. The van der Waals surface area contributed by atoms with E-state index < -0.39 is 5.82 Å². The van der Waals surface area contributed by atoms with Gasteiger partial charge in [0.05, 0.1) is 15.7 Å². The minimum Gasteiger partial charge on any atom is -0.367 e. The lowest BCUT2D eigenvalue weighted by atomic mass is 9.86. The summed E-state index contributed by atoms with van der Waals surface area (Å²) in [5.74, 6) is -0.399. The molecule has 1 aromatic carbocycles. The molecule has 1 saturated heterocycles. The minimum atomic E-state index is -0.399. The number of nitrogens with one attached hydrogen (secondary N) is 1. The Morgan fingerprint density at radius 1 is 1.25 bits per heavy atom. The first-order valence-electron chi connectivity index (χ1n) is 6.92. The smallest absolute Gasteiger partial charge is 0.126 e. The Morgan fingerprint density at radius 2 is 1.85 bits per heavy atom. The van der Waals surface area contributed by atoms with Gasteiger partial charge in [0.1, 0.15) is 5.82 Å². The highest BCUT2D eigenvalue weighted by molar-refractivity contribution is 6.39. The van der Waals surface area contributed by atoms with E-state index in [2.05, 4.69) is 31.0 Å². The van der Waals surface area contributed by atoms with Gasteiger partial charge in [-0.3, -0.25) is 0 Å². The Bertz CT molecular complexity index is 462. The Labute approximate surface area is 130 Å². The molecule has 20 heavy (non-hydrogen) atoms. The lowest BCUT2D eigenvalue weighted by Gasteiger charge is -2.35. The van der Waals surface area contributed by atoms with Crippen LogP contribution in [-0.4, -0.2) is 25.7 Å². The lowest BCUT2D eigenvalue weighted by Crippen LogP contribution is -2.46. The summed E-state index contributed by atoms with van der Waals surface area (Å²) in [6, 6.07) is 2.99. The molecule has 1 heterocycles. The van der Waals surface area contributed by atoms with Crippen LogP contribution in [0.3, 0.4) is 0 Å². The molecule has 0 bridgehead atoms. The second-order valence-corrected chi connectivity index (χ2v) is 7.20. The SMILES string of the molecule is CC(C)(C)C1CN(c2c(Cl)cc(F)cc2Cl)CCCN1. The van der Waals surface area contributed by atoms with Gasteiger partial charge in [0.25, 0.3) is 0 Å². The first kappa shape index (κ1) is 15.9. The van der Waals surface area contributed by atoms with Gasteiger partial charge in [0, 0.05) is 19.1 Å². The van der Waals surface area contributed by atoms with E-state index in [1.165, 1.54) is 12.1 Å². The fourth-order valence-corrected chi connectivity index (χ4v) is 3.24. The molecule has 1 N–H and O–H groups in total. The third-order valence-electron chi connectivity index (χ3n) is 3.74. The van der Waals surface area contributed by atoms with E-state index in [1.807, 2.05) is 0 Å². The molecule has 1 aromatic rings. The summed E-state index contributed by atoms with van der Waals surface area (Å²) >= 11 is 12.4. The van der Waals surface area contributed by atoms with Crippen LogP contribution in [0.4, 0.5) is 10.1 Å². The molecule has 0 aliphatic carbocycles. The van der Waals surface area contributed by atoms with Gasteiger partial charge in [0.15, 0.2) is 0 Å². The molecule has 1 aliphatic heterocycles. The topological polar surface area (TPSA) is 15.3 Å². The van der Waals surface area contributed by atoms with Gasteiger partial charge in [-0.15, -0.1) is 0 Å². The Kier molecular flexibility index (Phi) is 4.83. The molecular weight excluding hydrogens is 298 g/mol. The second-order valence-electron chi connectivity index (χ2n) is 6.39. The number of anilines is 1. The highest BCUT2D eigenvalue weighted by atomic mass is 35.5. The van der Waals surface area contributed by atoms with Gasteiger partial charge in [-0.2, -0.15) is 0 Å². The summed E-state index contributed by atoms with van der Waals surface area (Å²) in [4.78, 5) is 2.17. The maximum atomic E-state index is 13.3. The van der Waals surface area contributed by atoms with E-state index in [-0.39, 0.29) is 5.41 Å². The average molecular weight is 319 g/mol. The predicted octanol–water partition coefficient (Wildman–Crippen LogP) is 4.35. The first-order valence-corrected chi connectivity index (χ1v) is 7.67. The van der Waals surface area contributed by atoms with Crippen molar-refractivity contribution in [3.8, 4) is 0 Å². The van der Waals surface area contributed by atoms with Crippen molar-refractivity contribution in [2.24, 2.45) is 5.41 Å². The molecule has 0 amide bonds. The van der Waals surface area contributed by atoms with Crippen molar-refractivity contribution in [1.29, 1.82) is 0 Å². The molecule has 1 unspecified atom stereocenters. The van der Waals surface area contributed by atoms with Gasteiger partial charge >= 0.3 is 0 Å². The quantitative estimate of drug-likeness (QED) is 0.828. The van der Waals surface area contributed by atoms with E-state index in [0.29, 0.717) is 16.1 Å². The molecule has 0 spiro atoms. The van der Waals surface area contributed by atoms with Crippen molar-refractivity contribution in [2.45, 2.75) is 33.2 Å². The lowest BCUT2D eigenvalue weighted by molar-refractivity contribution is 0.280. The number of rotatable bonds is 1. The van der Waals surface area contributed by atoms with Crippen LogP contribution in [-0.2, 0) is 0 Å². The summed E-state index contributed by atoms with van der Waals surface area (Å²) in [5.41, 5.74) is 0.884. The standard InChI is InChI=1S/C15H21Cl2FN2/c1-15(2,3)13-9-20(6-4-5-19-13)14-11(16)7-10(18)8-12(14)17/h7-8,13,19H,4-6,9H2,1-3H3. The second kappa shape index (κ2) is 6.08. The Hall–Kier alpha value is -0.510. The number of benzene rings is 1. The van der Waals surface area contributed by atoms with Gasteiger partial charge < -0.3 is 10.2 Å². The van der Waals surface area contributed by atoms with Gasteiger partial charge in [-0.1, -0.05) is 44.0 Å². The van der Waals surface area contributed by atoms with E-state index in [1.54, 1.807) is 0 Å². The summed E-state index contributed by atoms with van der Waals surface area (Å²) in [7, 11) is 0. The van der Waals surface area contributed by atoms with Gasteiger partial charge in [0.2, 0.25) is 0 Å². The van der Waals surface area contributed by atoms with Crippen LogP contribution >= 0.6 is 23.2 Å². The molecule has 1 fully saturated rings. The third-order valence-corrected chi connectivity index (χ3v) is 4.32. The van der Waals surface area contributed by atoms with E-state index >= 15 is 0 Å². The summed E-state index contributed by atoms with van der Waals surface area (Å²) in [6.45, 7) is 9.28. The predicted molar refractivity (Wildman–Crippen MR) is 84.5 cm³/mol. The van der Waals surface area contributed by atoms with E-state index in [0.717, 1.165) is 31.7 Å². The molecule has 112 valence electrons. The van der Waals surface area contributed by atoms with Crippen LogP contribution in [0.25, 0.3) is 0 Å². The maximum Gasteiger partial charge on any atom is 0.126 e. The molecule has 1 aliphatic rings. The molecule has 2 nitrogen and oxygen atoms in total. The first-order chi connectivity index (χ1) is 9.29. The van der Waals surface area contributed by atoms with Crippen molar-refractivity contribution >= 4 is 28.9 Å². The van der Waals surface area contributed by atoms with Crippen LogP contribution in [0, 0.1) is 11.2 Å². The fourth-order valence-electron chi connectivity index (χ4n) is 2.54. The Balaban J connectivity index is 2.31. The number of hydrogen-bond donors (Lipinski definition) is 1. The van der Waals surface area contributed by atoms with Crippen LogP contribution in [0.15, 0.2) is 12.1 Å². The summed E-state index contributed by atoms with van der Waals surface area (Å²) in [5, 5.41) is 4.33. The zero-order chi connectivity index (χ0) is 14.9. The van der Waals surface area contributed by atoms with Crippen LogP contribution in [0.2, 0.25) is 10.0 Å². The normalized spacial score (nSPS) is 20.9. The van der Waals surface area contributed by atoms with E-state index in [4.69, 9.17) is 23.2 Å². The largest absolute Gasteiger partial charge is 0.367 e. The highest BCUT2D eigenvalue weighted by Crippen LogP contribution is 2.36. The maximum absolute atomic E-state index is 13.3. The van der Waals surface area contributed by atoms with E-state index in [9.17, 15) is 4.39 Å². The fraction of sp³-hybridized carbons (Fsp3) is 0.600. The van der Waals surface area contributed by atoms with Crippen molar-refractivity contribution in [2.75, 3.05) is 24.5 Å². The molecule has 0 aromatic heterocycles. The zero-order valence-electron chi connectivity index (χ0n) is 12.1. The van der Waals surface area contributed by atoms with Crippen LogP contribution in [0.5, 0.6) is 0 Å². The summed E-state index contributed by atoms with van der Waals surface area (Å²) < 4.78 is 13.3. The average Bonchev–Trinajstić information content (AvgIpc) is 2.52. The number of halogens is 3. The van der Waals surface area contributed by atoms with Crippen LogP contribution in [0.1, 0.15) is 27.2 Å². The molecule has 5 heteroatoms. The summed E-state index contributed by atoms with van der Waals surface area (Å²) in [6.07, 6.45) is 1.01. The van der Waals surface area contributed by atoms with Crippen molar-refractivity contribution < 1.29 is 4.39 Å². The third kappa shape index (κ3) is 3.57. The molecule has 1 atom stereocenters. The highest BCUT2D eigenvalue weighted by Gasteiger charge is 2.29. The number of nitrogens with zero attached hydrogens (tertiary/aromatic N) is 1. The molecule has 2 rings (SSSR count). The molecular formula is C15H21Cl2FN2. The van der Waals surface area contributed by atoms with Gasteiger partial charge in [-0.25, -0.2) is 4.39 Å². The molecule has 0 saturated carbocycles. The van der Waals surface area contributed by atoms with Crippen molar-refractivity contribution in [3.63, 3.8) is 0 Å². The molecule has 0 radical (unpaired) electrons. The Morgan fingerprint density at radius 3 is 2.40 bits per heavy atom. The van der Waals surface area contributed by atoms with Gasteiger partial charge in [-0.05, 0) is 30.5 Å². The zero-order valence-corrected chi connectivity index (χ0v) is 13.7. The number of hydrogen-bond acceptors (Lipinski definition) is 2. The monoisotopic (exact) mass is 318 g/mol. The van der Waals surface area contributed by atoms with Crippen molar-refractivity contribution in [3.05, 3.63) is 28.0 Å². The van der Waals surface area contributed by atoms with Crippen molar-refractivity contribution in [1.82, 2.24) is 5.32 Å². The van der Waals surface area contributed by atoms with Crippen LogP contribution < -0.4 is 10.2 Å².